The molecule has 16 heavy (non-hydrogen) atoms. The zero-order valence-electron chi connectivity index (χ0n) is 9.75. The summed E-state index contributed by atoms with van der Waals surface area (Å²) in [5.41, 5.74) is 5.14. The lowest BCUT2D eigenvalue weighted by Crippen LogP contribution is -1.88. The van der Waals surface area contributed by atoms with E-state index in [1.54, 1.807) is 0 Å². The number of benzene rings is 1. The van der Waals surface area contributed by atoms with Crippen LogP contribution >= 0.6 is 0 Å². The van der Waals surface area contributed by atoms with Gasteiger partial charge in [-0.3, -0.25) is 0 Å². The number of aromatic nitrogens is 1. The highest BCUT2D eigenvalue weighted by Gasteiger charge is 2.01. The molecule has 1 aromatic carbocycles. The van der Waals surface area contributed by atoms with Crippen molar-refractivity contribution in [2.45, 2.75) is 13.8 Å². The van der Waals surface area contributed by atoms with Crippen molar-refractivity contribution >= 4 is 22.0 Å². The van der Waals surface area contributed by atoms with Crippen molar-refractivity contribution in [1.82, 2.24) is 4.98 Å². The third-order valence-corrected chi connectivity index (χ3v) is 2.62. The van der Waals surface area contributed by atoms with Gasteiger partial charge in [0, 0.05) is 5.39 Å². The van der Waals surface area contributed by atoms with Crippen LogP contribution < -0.4 is 0 Å². The zero-order chi connectivity index (χ0) is 11.7. The largest absolute Gasteiger partial charge is 0.248 e. The minimum Gasteiger partial charge on any atom is -0.248 e. The minimum absolute atomic E-state index is 0.950. The molecule has 0 fully saturated rings. The molecular weight excluding hydrogens is 194 g/mol. The first-order chi connectivity index (χ1) is 7.58. The van der Waals surface area contributed by atoms with E-state index in [1.807, 2.05) is 19.9 Å². The van der Waals surface area contributed by atoms with E-state index in [0.717, 1.165) is 33.3 Å². The summed E-state index contributed by atoms with van der Waals surface area (Å²) in [4.78, 5) is 4.58. The van der Waals surface area contributed by atoms with Crippen LogP contribution in [0.2, 0.25) is 0 Å². The van der Waals surface area contributed by atoms with Gasteiger partial charge < -0.3 is 0 Å². The van der Waals surface area contributed by atoms with Crippen molar-refractivity contribution in [3.8, 4) is 0 Å². The molecule has 0 spiro atoms. The molecule has 1 heteroatoms. The Morgan fingerprint density at radius 1 is 1.00 bits per heavy atom. The highest BCUT2D eigenvalue weighted by atomic mass is 14.7. The Kier molecular flexibility index (Phi) is 2.61. The van der Waals surface area contributed by atoms with Gasteiger partial charge in [0.05, 0.1) is 11.2 Å². The molecule has 0 bridgehead atoms. The Morgan fingerprint density at radius 3 is 2.31 bits per heavy atom. The molecule has 0 unspecified atom stereocenters. The van der Waals surface area contributed by atoms with Gasteiger partial charge in [-0.2, -0.15) is 0 Å². The summed E-state index contributed by atoms with van der Waals surface area (Å²) in [7, 11) is 0. The van der Waals surface area contributed by atoms with E-state index in [9.17, 15) is 0 Å². The van der Waals surface area contributed by atoms with Crippen molar-refractivity contribution in [2.75, 3.05) is 0 Å². The lowest BCUT2D eigenvalue weighted by atomic mass is 10.1. The van der Waals surface area contributed by atoms with E-state index < -0.39 is 0 Å². The van der Waals surface area contributed by atoms with Gasteiger partial charge >= 0.3 is 0 Å². The van der Waals surface area contributed by atoms with E-state index in [2.05, 4.69) is 42.4 Å². The van der Waals surface area contributed by atoms with Crippen LogP contribution in [0.5, 0.6) is 0 Å². The molecule has 0 aliphatic heterocycles. The maximum atomic E-state index is 4.58. The molecule has 1 nitrogen and oxygen atoms in total. The Morgan fingerprint density at radius 2 is 1.69 bits per heavy atom. The summed E-state index contributed by atoms with van der Waals surface area (Å²) < 4.78 is 0. The van der Waals surface area contributed by atoms with Gasteiger partial charge in [0.25, 0.3) is 0 Å². The number of pyridine rings is 1. The molecule has 1 aromatic heterocycles. The SMILES string of the molecule is C=C(C)c1ccc2ccc(C(=C)C)nc2c1. The van der Waals surface area contributed by atoms with Gasteiger partial charge in [0.2, 0.25) is 0 Å². The van der Waals surface area contributed by atoms with Gasteiger partial charge in [-0.1, -0.05) is 36.9 Å². The molecular formula is C15H15N. The quantitative estimate of drug-likeness (QED) is 0.718. The average Bonchev–Trinajstić information content (AvgIpc) is 2.27. The summed E-state index contributed by atoms with van der Waals surface area (Å²) in [6.45, 7) is 11.8. The maximum Gasteiger partial charge on any atom is 0.0715 e. The second-order valence-electron chi connectivity index (χ2n) is 4.16. The second-order valence-corrected chi connectivity index (χ2v) is 4.16. The lowest BCUT2D eigenvalue weighted by molar-refractivity contribution is 1.33. The van der Waals surface area contributed by atoms with Crippen LogP contribution in [-0.2, 0) is 0 Å². The summed E-state index contributed by atoms with van der Waals surface area (Å²) >= 11 is 0. The molecule has 0 amide bonds. The number of nitrogens with zero attached hydrogens (tertiary/aromatic N) is 1. The van der Waals surface area contributed by atoms with Crippen LogP contribution in [0, 0.1) is 0 Å². The monoisotopic (exact) mass is 209 g/mol. The molecule has 0 saturated carbocycles. The molecule has 0 radical (unpaired) electrons. The number of allylic oxidation sites excluding steroid dienone is 2. The number of rotatable bonds is 2. The van der Waals surface area contributed by atoms with Gasteiger partial charge in [0.1, 0.15) is 0 Å². The first kappa shape index (κ1) is 10.6. The molecule has 2 aromatic rings. The lowest BCUT2D eigenvalue weighted by Gasteiger charge is -2.05. The molecule has 0 aliphatic carbocycles. The predicted molar refractivity (Wildman–Crippen MR) is 71.2 cm³/mol. The van der Waals surface area contributed by atoms with Crippen molar-refractivity contribution in [3.63, 3.8) is 0 Å². The Labute approximate surface area is 96.1 Å². The second kappa shape index (κ2) is 3.93. The molecule has 1 heterocycles. The molecule has 0 saturated heterocycles. The highest BCUT2D eigenvalue weighted by molar-refractivity contribution is 5.84. The molecule has 0 aliphatic rings. The van der Waals surface area contributed by atoms with E-state index in [4.69, 9.17) is 0 Å². The van der Waals surface area contributed by atoms with Crippen LogP contribution in [0.4, 0.5) is 0 Å². The van der Waals surface area contributed by atoms with Gasteiger partial charge in [-0.15, -0.1) is 0 Å². The standard InChI is InChI=1S/C15H15N/c1-10(2)13-6-5-12-7-8-14(11(3)4)16-15(12)9-13/h5-9H,1,3H2,2,4H3. The van der Waals surface area contributed by atoms with Crippen molar-refractivity contribution in [3.05, 3.63) is 54.7 Å². The van der Waals surface area contributed by atoms with Gasteiger partial charge in [-0.05, 0) is 37.1 Å². The Bertz CT molecular complexity index is 530. The molecule has 0 atom stereocenters. The van der Waals surface area contributed by atoms with Crippen molar-refractivity contribution in [1.29, 1.82) is 0 Å². The average molecular weight is 209 g/mol. The van der Waals surface area contributed by atoms with Crippen LogP contribution in [0.25, 0.3) is 22.0 Å². The number of hydrogen-bond acceptors (Lipinski definition) is 1. The summed E-state index contributed by atoms with van der Waals surface area (Å²) in [6, 6.07) is 10.3. The minimum atomic E-state index is 0.950. The van der Waals surface area contributed by atoms with E-state index >= 15 is 0 Å². The molecule has 80 valence electrons. The number of fused-ring (bicyclic) bond motifs is 1. The van der Waals surface area contributed by atoms with Crippen molar-refractivity contribution in [2.24, 2.45) is 0 Å². The number of hydrogen-bond donors (Lipinski definition) is 0. The van der Waals surface area contributed by atoms with Crippen molar-refractivity contribution < 1.29 is 0 Å². The first-order valence-corrected chi connectivity index (χ1v) is 5.30. The maximum absolute atomic E-state index is 4.58. The fraction of sp³-hybridized carbons (Fsp3) is 0.133. The fourth-order valence-electron chi connectivity index (χ4n) is 1.62. The highest BCUT2D eigenvalue weighted by Crippen LogP contribution is 2.20. The third-order valence-electron chi connectivity index (χ3n) is 2.62. The van der Waals surface area contributed by atoms with E-state index in [0.29, 0.717) is 0 Å². The van der Waals surface area contributed by atoms with E-state index in [-0.39, 0.29) is 0 Å². The Balaban J connectivity index is 2.65. The van der Waals surface area contributed by atoms with Crippen LogP contribution in [0.1, 0.15) is 25.1 Å². The Hall–Kier alpha value is -1.89. The zero-order valence-corrected chi connectivity index (χ0v) is 9.75. The summed E-state index contributed by atoms with van der Waals surface area (Å²) in [5.74, 6) is 0. The topological polar surface area (TPSA) is 12.9 Å². The van der Waals surface area contributed by atoms with Gasteiger partial charge in [0.15, 0.2) is 0 Å². The smallest absolute Gasteiger partial charge is 0.0715 e. The third kappa shape index (κ3) is 1.89. The molecule has 0 N–H and O–H groups in total. The fourth-order valence-corrected chi connectivity index (χ4v) is 1.62. The normalized spacial score (nSPS) is 10.4. The van der Waals surface area contributed by atoms with E-state index in [1.165, 1.54) is 0 Å². The van der Waals surface area contributed by atoms with Crippen LogP contribution in [0.3, 0.4) is 0 Å². The summed E-state index contributed by atoms with van der Waals surface area (Å²) in [6.07, 6.45) is 0. The van der Waals surface area contributed by atoms with Crippen LogP contribution in [0.15, 0.2) is 43.5 Å². The summed E-state index contributed by atoms with van der Waals surface area (Å²) in [5, 5.41) is 1.15. The molecule has 2 rings (SSSR count). The van der Waals surface area contributed by atoms with Gasteiger partial charge in [-0.25, -0.2) is 4.98 Å². The first-order valence-electron chi connectivity index (χ1n) is 5.30. The van der Waals surface area contributed by atoms with Crippen LogP contribution in [-0.4, -0.2) is 4.98 Å². The predicted octanol–water partition coefficient (Wildman–Crippen LogP) is 4.30.